The van der Waals surface area contributed by atoms with E-state index in [4.69, 9.17) is 11.6 Å². The molecule has 0 amide bonds. The Morgan fingerprint density at radius 2 is 2.23 bits per heavy atom. The van der Waals surface area contributed by atoms with Gasteiger partial charge in [0.05, 0.1) is 11.6 Å². The maximum Gasteiger partial charge on any atom is 0.125 e. The van der Waals surface area contributed by atoms with Crippen LogP contribution in [0.4, 0.5) is 0 Å². The van der Waals surface area contributed by atoms with Crippen LogP contribution in [-0.4, -0.2) is 4.98 Å². The van der Waals surface area contributed by atoms with E-state index in [1.165, 1.54) is 0 Å². The number of aromatic nitrogens is 1. The molecule has 1 nitrogen and oxygen atoms in total. The second kappa shape index (κ2) is 4.09. The Balaban J connectivity index is 2.41. The minimum atomic E-state index is 0.484. The lowest BCUT2D eigenvalue weighted by atomic mass is 10.4. The zero-order valence-electron chi connectivity index (χ0n) is 6.46. The third-order valence-corrected chi connectivity index (χ3v) is 4.43. The summed E-state index contributed by atoms with van der Waals surface area (Å²) in [5, 5.41) is 7.16. The predicted octanol–water partition coefficient (Wildman–Crippen LogP) is 4.37. The molecule has 0 bridgehead atoms. The molecule has 68 valence electrons. The van der Waals surface area contributed by atoms with Gasteiger partial charge in [-0.15, -0.1) is 22.9 Å². The Morgan fingerprint density at radius 3 is 2.77 bits per heavy atom. The summed E-state index contributed by atoms with van der Waals surface area (Å²) < 4.78 is 1.10. The van der Waals surface area contributed by atoms with Crippen LogP contribution in [0.15, 0.2) is 20.6 Å². The highest BCUT2D eigenvalue weighted by Crippen LogP contribution is 2.33. The minimum Gasteiger partial charge on any atom is -0.240 e. The van der Waals surface area contributed by atoms with Crippen LogP contribution < -0.4 is 0 Å². The number of rotatable bonds is 2. The first kappa shape index (κ1) is 9.65. The van der Waals surface area contributed by atoms with Crippen LogP contribution in [0.5, 0.6) is 0 Å². The Morgan fingerprint density at radius 1 is 1.38 bits per heavy atom. The zero-order valence-corrected chi connectivity index (χ0v) is 10.4. The maximum absolute atomic E-state index is 5.68. The molecule has 0 aliphatic carbocycles. The second-order valence-corrected chi connectivity index (χ2v) is 5.13. The molecular formula is C8H5BrClNS2. The average Bonchev–Trinajstić information content (AvgIpc) is 2.71. The predicted molar refractivity (Wildman–Crippen MR) is 62.7 cm³/mol. The fraction of sp³-hybridized carbons (Fsp3) is 0.125. The fourth-order valence-electron chi connectivity index (χ4n) is 0.926. The van der Waals surface area contributed by atoms with Crippen molar-refractivity contribution in [3.05, 3.63) is 26.3 Å². The molecule has 0 saturated carbocycles. The number of hydrogen-bond acceptors (Lipinski definition) is 3. The van der Waals surface area contributed by atoms with Crippen molar-refractivity contribution in [2.24, 2.45) is 0 Å². The smallest absolute Gasteiger partial charge is 0.125 e. The van der Waals surface area contributed by atoms with E-state index in [1.807, 2.05) is 5.38 Å². The molecule has 0 unspecified atom stereocenters. The summed E-state index contributed by atoms with van der Waals surface area (Å²) in [5.74, 6) is 0.484. The van der Waals surface area contributed by atoms with Crippen LogP contribution in [0.2, 0.25) is 0 Å². The van der Waals surface area contributed by atoms with Crippen molar-refractivity contribution in [1.82, 2.24) is 4.98 Å². The van der Waals surface area contributed by atoms with Crippen LogP contribution in [0.1, 0.15) is 5.69 Å². The van der Waals surface area contributed by atoms with Crippen molar-refractivity contribution in [1.29, 1.82) is 0 Å². The summed E-state index contributed by atoms with van der Waals surface area (Å²) >= 11 is 12.4. The summed E-state index contributed by atoms with van der Waals surface area (Å²) in [6.07, 6.45) is 0. The molecule has 0 aliphatic rings. The van der Waals surface area contributed by atoms with Crippen LogP contribution in [0.3, 0.4) is 0 Å². The Kier molecular flexibility index (Phi) is 3.03. The van der Waals surface area contributed by atoms with Crippen LogP contribution in [-0.2, 0) is 5.88 Å². The van der Waals surface area contributed by atoms with Crippen LogP contribution in [0.25, 0.3) is 10.6 Å². The topological polar surface area (TPSA) is 12.9 Å². The van der Waals surface area contributed by atoms with E-state index in [0.29, 0.717) is 5.88 Å². The van der Waals surface area contributed by atoms with E-state index in [9.17, 15) is 0 Å². The van der Waals surface area contributed by atoms with Crippen molar-refractivity contribution in [3.8, 4) is 10.6 Å². The normalized spacial score (nSPS) is 10.6. The molecule has 0 N–H and O–H groups in total. The molecule has 0 aliphatic heterocycles. The lowest BCUT2D eigenvalue weighted by Crippen LogP contribution is -1.77. The number of nitrogens with zero attached hydrogens (tertiary/aromatic N) is 1. The van der Waals surface area contributed by atoms with Gasteiger partial charge in [0.2, 0.25) is 0 Å². The zero-order chi connectivity index (χ0) is 9.26. The van der Waals surface area contributed by atoms with Gasteiger partial charge >= 0.3 is 0 Å². The number of alkyl halides is 1. The summed E-state index contributed by atoms with van der Waals surface area (Å²) in [5.41, 5.74) is 2.10. The van der Waals surface area contributed by atoms with Crippen LogP contribution >= 0.6 is 50.2 Å². The first-order chi connectivity index (χ1) is 6.31. The Hall–Kier alpha value is 0.1000. The molecule has 0 aromatic carbocycles. The molecule has 13 heavy (non-hydrogen) atoms. The third-order valence-electron chi connectivity index (χ3n) is 1.53. The highest BCUT2D eigenvalue weighted by molar-refractivity contribution is 9.10. The number of hydrogen-bond donors (Lipinski definition) is 0. The molecule has 0 spiro atoms. The van der Waals surface area contributed by atoms with E-state index in [2.05, 4.69) is 31.7 Å². The summed E-state index contributed by atoms with van der Waals surface area (Å²) in [4.78, 5) is 4.40. The SMILES string of the molecule is ClCc1csc(-c2cscc2Br)n1. The molecular weight excluding hydrogens is 290 g/mol. The van der Waals surface area contributed by atoms with E-state index in [-0.39, 0.29) is 0 Å². The summed E-state index contributed by atoms with van der Waals surface area (Å²) in [6.45, 7) is 0. The van der Waals surface area contributed by atoms with Crippen molar-refractivity contribution in [2.45, 2.75) is 5.88 Å². The van der Waals surface area contributed by atoms with Gasteiger partial charge in [0.25, 0.3) is 0 Å². The van der Waals surface area contributed by atoms with E-state index < -0.39 is 0 Å². The molecule has 0 atom stereocenters. The van der Waals surface area contributed by atoms with Crippen LogP contribution in [0, 0.1) is 0 Å². The van der Waals surface area contributed by atoms with Gasteiger partial charge in [0.1, 0.15) is 5.01 Å². The molecule has 0 fully saturated rings. The quantitative estimate of drug-likeness (QED) is 0.749. The minimum absolute atomic E-state index is 0.484. The fourth-order valence-corrected chi connectivity index (χ4v) is 3.68. The first-order valence-corrected chi connectivity index (χ1v) is 6.68. The highest BCUT2D eigenvalue weighted by atomic mass is 79.9. The molecule has 2 heterocycles. The standard InChI is InChI=1S/C8H5BrClNS2/c9-7-4-12-3-6(7)8-11-5(1-10)2-13-8/h2-4H,1H2. The van der Waals surface area contributed by atoms with Gasteiger partial charge in [-0.25, -0.2) is 4.98 Å². The third kappa shape index (κ3) is 1.96. The van der Waals surface area contributed by atoms with Crippen molar-refractivity contribution < 1.29 is 0 Å². The number of thiazole rings is 1. The average molecular weight is 295 g/mol. The maximum atomic E-state index is 5.68. The molecule has 2 aromatic rings. The van der Waals surface area contributed by atoms with Crippen molar-refractivity contribution >= 4 is 50.2 Å². The molecule has 2 aromatic heterocycles. The largest absolute Gasteiger partial charge is 0.240 e. The summed E-state index contributed by atoms with van der Waals surface area (Å²) in [7, 11) is 0. The first-order valence-electron chi connectivity index (χ1n) is 3.53. The van der Waals surface area contributed by atoms with Gasteiger partial charge in [-0.05, 0) is 15.9 Å². The van der Waals surface area contributed by atoms with Gasteiger partial charge in [0, 0.05) is 26.2 Å². The molecule has 0 saturated heterocycles. The van der Waals surface area contributed by atoms with Crippen molar-refractivity contribution in [2.75, 3.05) is 0 Å². The van der Waals surface area contributed by atoms with Gasteiger partial charge in [0.15, 0.2) is 0 Å². The number of thiophene rings is 1. The number of halogens is 2. The molecule has 2 rings (SSSR count). The van der Waals surface area contributed by atoms with E-state index in [0.717, 1.165) is 20.7 Å². The van der Waals surface area contributed by atoms with Gasteiger partial charge in [-0.2, -0.15) is 11.3 Å². The molecule has 5 heteroatoms. The van der Waals surface area contributed by atoms with Crippen molar-refractivity contribution in [3.63, 3.8) is 0 Å². The second-order valence-electron chi connectivity index (χ2n) is 2.41. The Labute approximate surface area is 97.5 Å². The Bertz CT molecular complexity index is 410. The lowest BCUT2D eigenvalue weighted by Gasteiger charge is -1.90. The summed E-state index contributed by atoms with van der Waals surface area (Å²) in [6, 6.07) is 0. The van der Waals surface area contributed by atoms with Gasteiger partial charge in [-0.1, -0.05) is 0 Å². The highest BCUT2D eigenvalue weighted by Gasteiger charge is 2.08. The van der Waals surface area contributed by atoms with Gasteiger partial charge < -0.3 is 0 Å². The monoisotopic (exact) mass is 293 g/mol. The lowest BCUT2D eigenvalue weighted by molar-refractivity contribution is 1.23. The van der Waals surface area contributed by atoms with E-state index in [1.54, 1.807) is 22.7 Å². The van der Waals surface area contributed by atoms with E-state index >= 15 is 0 Å². The van der Waals surface area contributed by atoms with Gasteiger partial charge in [-0.3, -0.25) is 0 Å². The molecule has 0 radical (unpaired) electrons.